The number of nitrogens with one attached hydrogen (secondary N) is 1. The van der Waals surface area contributed by atoms with Crippen molar-refractivity contribution in [3.8, 4) is 0 Å². The Morgan fingerprint density at radius 1 is 1.11 bits per heavy atom. The van der Waals surface area contributed by atoms with E-state index >= 15 is 0 Å². The van der Waals surface area contributed by atoms with Crippen molar-refractivity contribution in [1.82, 2.24) is 9.21 Å². The highest BCUT2D eigenvalue weighted by atomic mass is 35.5. The van der Waals surface area contributed by atoms with Gasteiger partial charge in [0.05, 0.1) is 6.26 Å². The highest BCUT2D eigenvalue weighted by Crippen LogP contribution is 2.21. The number of carbonyl (C=O) groups excluding carboxylic acids is 1. The summed E-state index contributed by atoms with van der Waals surface area (Å²) in [5.41, 5.74) is 3.20. The quantitative estimate of drug-likeness (QED) is 0.805. The average molecular weight is 422 g/mol. The van der Waals surface area contributed by atoms with Crippen molar-refractivity contribution in [3.05, 3.63) is 64.2 Å². The number of rotatable bonds is 5. The molecular formula is C20H24ClN3O3S. The van der Waals surface area contributed by atoms with Gasteiger partial charge in [-0.05, 0) is 42.3 Å². The third-order valence-corrected chi connectivity index (χ3v) is 6.54. The van der Waals surface area contributed by atoms with Gasteiger partial charge in [-0.25, -0.2) is 8.42 Å². The molecule has 1 aliphatic heterocycles. The lowest BCUT2D eigenvalue weighted by Gasteiger charge is -2.33. The van der Waals surface area contributed by atoms with Crippen LogP contribution in [0.1, 0.15) is 21.5 Å². The first-order chi connectivity index (χ1) is 13.2. The SMILES string of the molecule is Cc1ccc(NC(=O)c2cccc(CN3CCN(S(C)(=O)=O)CC3)c2)cc1Cl. The van der Waals surface area contributed by atoms with Crippen LogP contribution in [0, 0.1) is 6.92 Å². The lowest BCUT2D eigenvalue weighted by atomic mass is 10.1. The highest BCUT2D eigenvalue weighted by Gasteiger charge is 2.23. The van der Waals surface area contributed by atoms with Crippen LogP contribution < -0.4 is 5.32 Å². The second-order valence-electron chi connectivity index (χ2n) is 7.06. The number of piperazine rings is 1. The minimum Gasteiger partial charge on any atom is -0.322 e. The van der Waals surface area contributed by atoms with Crippen LogP contribution in [0.2, 0.25) is 5.02 Å². The van der Waals surface area contributed by atoms with Crippen LogP contribution in [0.4, 0.5) is 5.69 Å². The summed E-state index contributed by atoms with van der Waals surface area (Å²) in [5.74, 6) is -0.191. The van der Waals surface area contributed by atoms with Crippen LogP contribution in [0.15, 0.2) is 42.5 Å². The molecule has 2 aromatic carbocycles. The topological polar surface area (TPSA) is 69.7 Å². The van der Waals surface area contributed by atoms with Crippen molar-refractivity contribution in [2.45, 2.75) is 13.5 Å². The number of hydrogen-bond donors (Lipinski definition) is 1. The fourth-order valence-corrected chi connectivity index (χ4v) is 4.17. The summed E-state index contributed by atoms with van der Waals surface area (Å²) >= 11 is 6.12. The first-order valence-electron chi connectivity index (χ1n) is 9.06. The van der Waals surface area contributed by atoms with Gasteiger partial charge in [0.2, 0.25) is 10.0 Å². The summed E-state index contributed by atoms with van der Waals surface area (Å²) in [7, 11) is -3.13. The zero-order valence-electron chi connectivity index (χ0n) is 16.0. The Hall–Kier alpha value is -1.93. The number of aryl methyl sites for hydroxylation is 1. The normalized spacial score (nSPS) is 16.1. The number of sulfonamides is 1. The maximum atomic E-state index is 12.6. The number of anilines is 1. The van der Waals surface area contributed by atoms with E-state index in [-0.39, 0.29) is 5.91 Å². The standard InChI is InChI=1S/C20H24ClN3O3S/c1-15-6-7-18(13-19(15)21)22-20(25)17-5-3-4-16(12-17)14-23-8-10-24(11-9-23)28(2,26)27/h3-7,12-13H,8-11,14H2,1-2H3,(H,22,25). The molecule has 1 aliphatic rings. The molecule has 1 N–H and O–H groups in total. The molecule has 6 nitrogen and oxygen atoms in total. The maximum Gasteiger partial charge on any atom is 0.255 e. The first kappa shape index (κ1) is 20.8. The van der Waals surface area contributed by atoms with Gasteiger partial charge in [-0.2, -0.15) is 4.31 Å². The van der Waals surface area contributed by atoms with Gasteiger partial charge >= 0.3 is 0 Å². The van der Waals surface area contributed by atoms with Gasteiger partial charge in [-0.15, -0.1) is 0 Å². The number of benzene rings is 2. The summed E-state index contributed by atoms with van der Waals surface area (Å²) in [6, 6.07) is 12.9. The molecule has 0 saturated carbocycles. The summed E-state index contributed by atoms with van der Waals surface area (Å²) < 4.78 is 24.7. The van der Waals surface area contributed by atoms with Gasteiger partial charge < -0.3 is 5.32 Å². The predicted molar refractivity (Wildman–Crippen MR) is 112 cm³/mol. The maximum absolute atomic E-state index is 12.6. The fourth-order valence-electron chi connectivity index (χ4n) is 3.16. The Morgan fingerprint density at radius 3 is 2.46 bits per heavy atom. The summed E-state index contributed by atoms with van der Waals surface area (Å²) in [4.78, 5) is 14.8. The van der Waals surface area contributed by atoms with Crippen molar-refractivity contribution >= 4 is 33.2 Å². The highest BCUT2D eigenvalue weighted by molar-refractivity contribution is 7.88. The van der Waals surface area contributed by atoms with Crippen molar-refractivity contribution in [3.63, 3.8) is 0 Å². The Labute approximate surface area is 171 Å². The van der Waals surface area contributed by atoms with Gasteiger partial charge in [0.25, 0.3) is 5.91 Å². The predicted octanol–water partition coefficient (Wildman–Crippen LogP) is 2.98. The van der Waals surface area contributed by atoms with E-state index in [1.807, 2.05) is 37.3 Å². The molecule has 0 bridgehead atoms. The zero-order chi connectivity index (χ0) is 20.3. The minimum absolute atomic E-state index is 0.191. The van der Waals surface area contributed by atoms with E-state index in [2.05, 4.69) is 10.2 Å². The second kappa shape index (κ2) is 8.61. The molecule has 150 valence electrons. The third-order valence-electron chi connectivity index (χ3n) is 4.83. The lowest BCUT2D eigenvalue weighted by molar-refractivity contribution is 0.102. The number of halogens is 1. The van der Waals surface area contributed by atoms with Crippen LogP contribution in [-0.2, 0) is 16.6 Å². The Bertz CT molecular complexity index is 970. The monoisotopic (exact) mass is 421 g/mol. The number of hydrogen-bond acceptors (Lipinski definition) is 4. The summed E-state index contributed by atoms with van der Waals surface area (Å²) in [5, 5.41) is 3.48. The van der Waals surface area contributed by atoms with Crippen molar-refractivity contribution in [2.75, 3.05) is 37.8 Å². The van der Waals surface area contributed by atoms with Crippen LogP contribution in [-0.4, -0.2) is 56.0 Å². The van der Waals surface area contributed by atoms with Gasteiger partial charge in [0.15, 0.2) is 0 Å². The van der Waals surface area contributed by atoms with E-state index in [0.717, 1.165) is 11.1 Å². The van der Waals surface area contributed by atoms with E-state index in [1.54, 1.807) is 12.1 Å². The molecule has 1 fully saturated rings. The van der Waals surface area contributed by atoms with Gasteiger partial charge in [0.1, 0.15) is 0 Å². The van der Waals surface area contributed by atoms with Crippen molar-refractivity contribution < 1.29 is 13.2 Å². The molecule has 1 heterocycles. The Balaban J connectivity index is 1.62. The molecule has 0 unspecified atom stereocenters. The Kier molecular flexibility index (Phi) is 6.40. The molecule has 28 heavy (non-hydrogen) atoms. The molecule has 1 amide bonds. The zero-order valence-corrected chi connectivity index (χ0v) is 17.6. The van der Waals surface area contributed by atoms with Crippen LogP contribution in [0.3, 0.4) is 0 Å². The third kappa shape index (κ3) is 5.32. The molecule has 0 aromatic heterocycles. The number of amides is 1. The number of nitrogens with zero attached hydrogens (tertiary/aromatic N) is 2. The molecule has 0 atom stereocenters. The Morgan fingerprint density at radius 2 is 1.82 bits per heavy atom. The first-order valence-corrected chi connectivity index (χ1v) is 11.3. The largest absolute Gasteiger partial charge is 0.322 e. The van der Waals surface area contributed by atoms with E-state index in [1.165, 1.54) is 10.6 Å². The molecule has 1 saturated heterocycles. The minimum atomic E-state index is -3.13. The van der Waals surface area contributed by atoms with E-state index < -0.39 is 10.0 Å². The lowest BCUT2D eigenvalue weighted by Crippen LogP contribution is -2.47. The van der Waals surface area contributed by atoms with Crippen LogP contribution in [0.25, 0.3) is 0 Å². The molecule has 2 aromatic rings. The average Bonchev–Trinajstić information content (AvgIpc) is 2.65. The molecule has 0 radical (unpaired) electrons. The van der Waals surface area contributed by atoms with E-state index in [0.29, 0.717) is 49.0 Å². The van der Waals surface area contributed by atoms with Crippen molar-refractivity contribution in [2.24, 2.45) is 0 Å². The number of carbonyl (C=O) groups is 1. The molecule has 8 heteroatoms. The summed E-state index contributed by atoms with van der Waals surface area (Å²) in [6.45, 7) is 4.92. The van der Waals surface area contributed by atoms with Gasteiger partial charge in [-0.1, -0.05) is 29.8 Å². The van der Waals surface area contributed by atoms with Gasteiger partial charge in [-0.3, -0.25) is 9.69 Å². The molecular weight excluding hydrogens is 398 g/mol. The van der Waals surface area contributed by atoms with E-state index in [9.17, 15) is 13.2 Å². The van der Waals surface area contributed by atoms with Crippen LogP contribution >= 0.6 is 11.6 Å². The summed E-state index contributed by atoms with van der Waals surface area (Å²) in [6.07, 6.45) is 1.24. The van der Waals surface area contributed by atoms with Gasteiger partial charge in [0, 0.05) is 49.0 Å². The second-order valence-corrected chi connectivity index (χ2v) is 9.45. The molecule has 3 rings (SSSR count). The van der Waals surface area contributed by atoms with Crippen molar-refractivity contribution in [1.29, 1.82) is 0 Å². The molecule has 0 spiro atoms. The van der Waals surface area contributed by atoms with Crippen LogP contribution in [0.5, 0.6) is 0 Å². The van der Waals surface area contributed by atoms with E-state index in [4.69, 9.17) is 11.6 Å². The smallest absolute Gasteiger partial charge is 0.255 e. The fraction of sp³-hybridized carbons (Fsp3) is 0.350. The molecule has 0 aliphatic carbocycles.